The summed E-state index contributed by atoms with van der Waals surface area (Å²) in [5, 5.41) is 0. The van der Waals surface area contributed by atoms with Gasteiger partial charge in [0.15, 0.2) is 6.61 Å². The van der Waals surface area contributed by atoms with E-state index in [9.17, 15) is 4.79 Å². The molecule has 0 radical (unpaired) electrons. The summed E-state index contributed by atoms with van der Waals surface area (Å²) in [5.41, 5.74) is 6.33. The molecule has 0 unspecified atom stereocenters. The van der Waals surface area contributed by atoms with E-state index in [-0.39, 0.29) is 12.5 Å². The summed E-state index contributed by atoms with van der Waals surface area (Å²) < 4.78 is 5.48. The summed E-state index contributed by atoms with van der Waals surface area (Å²) in [6, 6.07) is 7.22. The van der Waals surface area contributed by atoms with Gasteiger partial charge in [0.25, 0.3) is 5.91 Å². The predicted molar refractivity (Wildman–Crippen MR) is 75.0 cm³/mol. The molecule has 1 fully saturated rings. The smallest absolute Gasteiger partial charge is 0.260 e. The highest BCUT2D eigenvalue weighted by atomic mass is 16.5. The van der Waals surface area contributed by atoms with Crippen LogP contribution in [0.25, 0.3) is 0 Å². The summed E-state index contributed by atoms with van der Waals surface area (Å²) in [6.45, 7) is 6.67. The standard InChI is InChI=1S/C14H21N3O2/c1-2-16-7-9-17(10-8-16)14(18)11-19-13-6-4-3-5-12(13)15/h3-6H,2,7-11,15H2,1H3. The molecular formula is C14H21N3O2. The Morgan fingerprint density at radius 1 is 1.26 bits per heavy atom. The molecule has 1 aromatic carbocycles. The van der Waals surface area contributed by atoms with E-state index in [4.69, 9.17) is 10.5 Å². The average molecular weight is 263 g/mol. The van der Waals surface area contributed by atoms with E-state index in [0.717, 1.165) is 32.7 Å². The van der Waals surface area contributed by atoms with Gasteiger partial charge in [0.2, 0.25) is 0 Å². The van der Waals surface area contributed by atoms with Crippen LogP contribution in [0.1, 0.15) is 6.92 Å². The van der Waals surface area contributed by atoms with Crippen molar-refractivity contribution in [2.24, 2.45) is 0 Å². The third-order valence-electron chi connectivity index (χ3n) is 3.44. The number of nitrogens with two attached hydrogens (primary N) is 1. The van der Waals surface area contributed by atoms with E-state index in [1.54, 1.807) is 12.1 Å². The lowest BCUT2D eigenvalue weighted by Crippen LogP contribution is -2.49. The lowest BCUT2D eigenvalue weighted by molar-refractivity contribution is -0.135. The third kappa shape index (κ3) is 3.61. The molecule has 1 heterocycles. The highest BCUT2D eigenvalue weighted by Gasteiger charge is 2.20. The van der Waals surface area contributed by atoms with Gasteiger partial charge in [-0.1, -0.05) is 19.1 Å². The number of ether oxygens (including phenoxy) is 1. The maximum Gasteiger partial charge on any atom is 0.260 e. The van der Waals surface area contributed by atoms with Gasteiger partial charge in [-0.15, -0.1) is 0 Å². The third-order valence-corrected chi connectivity index (χ3v) is 3.44. The fourth-order valence-electron chi connectivity index (χ4n) is 2.16. The molecule has 0 aliphatic carbocycles. The number of para-hydroxylation sites is 2. The molecule has 0 saturated carbocycles. The van der Waals surface area contributed by atoms with Crippen LogP contribution in [0.15, 0.2) is 24.3 Å². The van der Waals surface area contributed by atoms with Crippen molar-refractivity contribution in [3.8, 4) is 5.75 Å². The molecule has 5 nitrogen and oxygen atoms in total. The van der Waals surface area contributed by atoms with Crippen LogP contribution in [-0.4, -0.2) is 55.0 Å². The van der Waals surface area contributed by atoms with Crippen molar-refractivity contribution in [1.29, 1.82) is 0 Å². The fourth-order valence-corrected chi connectivity index (χ4v) is 2.16. The molecule has 1 saturated heterocycles. The first kappa shape index (κ1) is 13.7. The zero-order chi connectivity index (χ0) is 13.7. The van der Waals surface area contributed by atoms with Gasteiger partial charge in [-0.2, -0.15) is 0 Å². The number of anilines is 1. The van der Waals surface area contributed by atoms with Gasteiger partial charge >= 0.3 is 0 Å². The first-order valence-corrected chi connectivity index (χ1v) is 6.68. The van der Waals surface area contributed by atoms with Crippen molar-refractivity contribution in [2.75, 3.05) is 45.1 Å². The molecule has 1 aliphatic rings. The van der Waals surface area contributed by atoms with Crippen LogP contribution in [0.2, 0.25) is 0 Å². The Labute approximate surface area is 113 Å². The molecular weight excluding hydrogens is 242 g/mol. The predicted octanol–water partition coefficient (Wildman–Crippen LogP) is 0.812. The second kappa shape index (κ2) is 6.43. The van der Waals surface area contributed by atoms with Crippen LogP contribution in [0, 0.1) is 0 Å². The van der Waals surface area contributed by atoms with Gasteiger partial charge in [0.1, 0.15) is 5.75 Å². The zero-order valence-electron chi connectivity index (χ0n) is 11.3. The molecule has 5 heteroatoms. The van der Waals surface area contributed by atoms with Crippen LogP contribution >= 0.6 is 0 Å². The Hall–Kier alpha value is -1.75. The first-order valence-electron chi connectivity index (χ1n) is 6.68. The van der Waals surface area contributed by atoms with Gasteiger partial charge in [-0.25, -0.2) is 0 Å². The van der Waals surface area contributed by atoms with Crippen LogP contribution in [0.5, 0.6) is 5.75 Å². The Bertz CT molecular complexity index is 428. The molecule has 2 rings (SSSR count). The molecule has 0 aromatic heterocycles. The molecule has 19 heavy (non-hydrogen) atoms. The Kier molecular flexibility index (Phi) is 4.63. The van der Waals surface area contributed by atoms with Crippen molar-refractivity contribution < 1.29 is 9.53 Å². The second-order valence-corrected chi connectivity index (χ2v) is 4.64. The summed E-state index contributed by atoms with van der Waals surface area (Å²) >= 11 is 0. The number of nitrogens with zero attached hydrogens (tertiary/aromatic N) is 2. The molecule has 1 aromatic rings. The summed E-state index contributed by atoms with van der Waals surface area (Å²) in [5.74, 6) is 0.599. The van der Waals surface area contributed by atoms with E-state index < -0.39 is 0 Å². The number of likely N-dealkylation sites (N-methyl/N-ethyl adjacent to an activating group) is 1. The largest absolute Gasteiger partial charge is 0.482 e. The summed E-state index contributed by atoms with van der Waals surface area (Å²) in [4.78, 5) is 16.2. The van der Waals surface area contributed by atoms with Crippen LogP contribution < -0.4 is 10.5 Å². The minimum atomic E-state index is 0.0269. The van der Waals surface area contributed by atoms with Crippen molar-refractivity contribution in [1.82, 2.24) is 9.80 Å². The summed E-state index contributed by atoms with van der Waals surface area (Å²) in [6.07, 6.45) is 0. The van der Waals surface area contributed by atoms with Gasteiger partial charge in [0.05, 0.1) is 5.69 Å². The number of nitrogen functional groups attached to an aromatic ring is 1. The lowest BCUT2D eigenvalue weighted by atomic mass is 10.3. The minimum Gasteiger partial charge on any atom is -0.482 e. The number of rotatable bonds is 4. The first-order chi connectivity index (χ1) is 9.20. The molecule has 0 atom stereocenters. The van der Waals surface area contributed by atoms with Crippen LogP contribution in [0.3, 0.4) is 0 Å². The molecule has 0 spiro atoms. The maximum absolute atomic E-state index is 12.0. The number of amides is 1. The maximum atomic E-state index is 12.0. The molecule has 104 valence electrons. The molecule has 0 bridgehead atoms. The Balaban J connectivity index is 1.81. The quantitative estimate of drug-likeness (QED) is 0.817. The highest BCUT2D eigenvalue weighted by molar-refractivity contribution is 5.78. The van der Waals surface area contributed by atoms with Gasteiger partial charge in [0, 0.05) is 26.2 Å². The number of hydrogen-bond acceptors (Lipinski definition) is 4. The zero-order valence-corrected chi connectivity index (χ0v) is 11.3. The van der Waals surface area contributed by atoms with Gasteiger partial charge < -0.3 is 20.3 Å². The minimum absolute atomic E-state index is 0.0269. The van der Waals surface area contributed by atoms with E-state index >= 15 is 0 Å². The topological polar surface area (TPSA) is 58.8 Å². The molecule has 1 amide bonds. The van der Waals surface area contributed by atoms with Crippen molar-refractivity contribution in [3.05, 3.63) is 24.3 Å². The van der Waals surface area contributed by atoms with E-state index in [0.29, 0.717) is 11.4 Å². The highest BCUT2D eigenvalue weighted by Crippen LogP contribution is 2.19. The molecule has 2 N–H and O–H groups in total. The fraction of sp³-hybridized carbons (Fsp3) is 0.500. The van der Waals surface area contributed by atoms with Crippen molar-refractivity contribution >= 4 is 11.6 Å². The number of carbonyl (C=O) groups excluding carboxylic acids is 1. The van der Waals surface area contributed by atoms with Crippen molar-refractivity contribution in [3.63, 3.8) is 0 Å². The van der Waals surface area contributed by atoms with Gasteiger partial charge in [-0.05, 0) is 18.7 Å². The van der Waals surface area contributed by atoms with E-state index in [2.05, 4.69) is 11.8 Å². The number of hydrogen-bond donors (Lipinski definition) is 1. The van der Waals surface area contributed by atoms with E-state index in [1.165, 1.54) is 0 Å². The normalized spacial score (nSPS) is 16.4. The van der Waals surface area contributed by atoms with Gasteiger partial charge in [-0.3, -0.25) is 4.79 Å². The Morgan fingerprint density at radius 2 is 1.95 bits per heavy atom. The number of carbonyl (C=O) groups is 1. The van der Waals surface area contributed by atoms with Crippen LogP contribution in [0.4, 0.5) is 5.69 Å². The number of piperazine rings is 1. The average Bonchev–Trinajstić information content (AvgIpc) is 2.46. The lowest BCUT2D eigenvalue weighted by Gasteiger charge is -2.33. The van der Waals surface area contributed by atoms with Crippen LogP contribution in [-0.2, 0) is 4.79 Å². The second-order valence-electron chi connectivity index (χ2n) is 4.64. The SMILES string of the molecule is CCN1CCN(C(=O)COc2ccccc2N)CC1. The van der Waals surface area contributed by atoms with Crippen molar-refractivity contribution in [2.45, 2.75) is 6.92 Å². The number of benzene rings is 1. The molecule has 1 aliphatic heterocycles. The summed E-state index contributed by atoms with van der Waals surface area (Å²) in [7, 11) is 0. The Morgan fingerprint density at radius 3 is 2.58 bits per heavy atom. The van der Waals surface area contributed by atoms with E-state index in [1.807, 2.05) is 17.0 Å². The monoisotopic (exact) mass is 263 g/mol.